The monoisotopic (exact) mass is 479 g/mol. The van der Waals surface area contributed by atoms with Gasteiger partial charge in [-0.2, -0.15) is 0 Å². The number of amides is 2. The Morgan fingerprint density at radius 2 is 2.10 bits per heavy atom. The van der Waals surface area contributed by atoms with Crippen LogP contribution in [0.4, 0.5) is 0 Å². The van der Waals surface area contributed by atoms with Crippen molar-refractivity contribution in [2.75, 3.05) is 52.3 Å². The van der Waals surface area contributed by atoms with Gasteiger partial charge in [-0.05, 0) is 25.0 Å². The molecule has 1 unspecified atom stereocenters. The van der Waals surface area contributed by atoms with Gasteiger partial charge in [-0.25, -0.2) is 13.1 Å². The van der Waals surface area contributed by atoms with Crippen molar-refractivity contribution in [2.24, 2.45) is 0 Å². The molecule has 2 amide bonds. The lowest BCUT2D eigenvalue weighted by molar-refractivity contribution is -0.148. The van der Waals surface area contributed by atoms with Gasteiger partial charge in [0, 0.05) is 31.6 Å². The van der Waals surface area contributed by atoms with Crippen molar-refractivity contribution < 1.29 is 27.5 Å². The highest BCUT2D eigenvalue weighted by molar-refractivity contribution is 7.89. The minimum absolute atomic E-state index is 0.0561. The first-order valence-electron chi connectivity index (χ1n) is 9.71. The molecule has 2 fully saturated rings. The van der Waals surface area contributed by atoms with E-state index in [0.29, 0.717) is 43.5 Å². The number of ether oxygens (including phenoxy) is 2. The molecule has 12 heteroatoms. The van der Waals surface area contributed by atoms with Crippen molar-refractivity contribution in [3.63, 3.8) is 0 Å². The summed E-state index contributed by atoms with van der Waals surface area (Å²) in [5.41, 5.74) is 0. The Labute approximate surface area is 185 Å². The predicted molar refractivity (Wildman–Crippen MR) is 113 cm³/mol. The minimum Gasteiger partial charge on any atom is -0.382 e. The molecule has 0 spiro atoms. The van der Waals surface area contributed by atoms with Gasteiger partial charge in [0.1, 0.15) is 12.1 Å². The average molecular weight is 480 g/mol. The van der Waals surface area contributed by atoms with E-state index in [1.54, 1.807) is 17.0 Å². The van der Waals surface area contributed by atoms with E-state index in [1.165, 1.54) is 23.3 Å². The van der Waals surface area contributed by atoms with Gasteiger partial charge in [-0.1, -0.05) is 11.6 Å². The summed E-state index contributed by atoms with van der Waals surface area (Å²) in [6.07, 6.45) is 0.624. The van der Waals surface area contributed by atoms with E-state index in [0.717, 1.165) is 4.88 Å². The molecule has 168 valence electrons. The van der Waals surface area contributed by atoms with Crippen LogP contribution in [0.3, 0.4) is 0 Å². The summed E-state index contributed by atoms with van der Waals surface area (Å²) in [7, 11) is -2.20. The van der Waals surface area contributed by atoms with Crippen LogP contribution in [0.25, 0.3) is 0 Å². The molecule has 0 radical (unpaired) electrons. The third-order valence-electron chi connectivity index (χ3n) is 5.12. The SMILES string of the molecule is COC[C@@H](C(=O)N1CCOCC1)N1CCC(NS(=O)(=O)CCc2ccc(Cl)s2)C1=O. The molecule has 9 nitrogen and oxygen atoms in total. The zero-order chi connectivity index (χ0) is 21.7. The first-order valence-corrected chi connectivity index (χ1v) is 12.6. The number of thiophene rings is 1. The van der Waals surface area contributed by atoms with E-state index < -0.39 is 28.0 Å². The molecular formula is C18H26ClN3O6S2. The Balaban J connectivity index is 1.60. The first kappa shape index (κ1) is 23.4. The minimum atomic E-state index is -3.67. The fourth-order valence-electron chi connectivity index (χ4n) is 3.56. The Morgan fingerprint density at radius 1 is 1.37 bits per heavy atom. The van der Waals surface area contributed by atoms with Crippen LogP contribution in [0, 0.1) is 0 Å². The van der Waals surface area contributed by atoms with Gasteiger partial charge in [-0.15, -0.1) is 11.3 Å². The molecule has 0 aromatic carbocycles. The molecule has 2 aliphatic rings. The van der Waals surface area contributed by atoms with E-state index in [4.69, 9.17) is 21.1 Å². The number of hydrogen-bond donors (Lipinski definition) is 1. The van der Waals surface area contributed by atoms with E-state index in [9.17, 15) is 18.0 Å². The number of methoxy groups -OCH3 is 1. The van der Waals surface area contributed by atoms with E-state index in [-0.39, 0.29) is 24.8 Å². The number of nitrogens with zero attached hydrogens (tertiary/aromatic N) is 2. The Bertz CT molecular complexity index is 856. The number of hydrogen-bond acceptors (Lipinski definition) is 7. The van der Waals surface area contributed by atoms with Crippen molar-refractivity contribution in [3.05, 3.63) is 21.3 Å². The third kappa shape index (κ3) is 5.92. The number of carbonyl (C=O) groups excluding carboxylic acids is 2. The Kier molecular flexibility index (Phi) is 8.11. The van der Waals surface area contributed by atoms with Gasteiger partial charge < -0.3 is 19.3 Å². The van der Waals surface area contributed by atoms with E-state index in [1.807, 2.05) is 0 Å². The second-order valence-electron chi connectivity index (χ2n) is 7.17. The van der Waals surface area contributed by atoms with Crippen molar-refractivity contribution in [1.82, 2.24) is 14.5 Å². The summed E-state index contributed by atoms with van der Waals surface area (Å²) >= 11 is 7.21. The van der Waals surface area contributed by atoms with Gasteiger partial charge in [0.05, 0.1) is 29.9 Å². The quantitative estimate of drug-likeness (QED) is 0.547. The van der Waals surface area contributed by atoms with Crippen LogP contribution in [0.5, 0.6) is 0 Å². The maximum atomic E-state index is 12.9. The number of morpholine rings is 1. The van der Waals surface area contributed by atoms with Crippen LogP contribution < -0.4 is 4.72 Å². The van der Waals surface area contributed by atoms with Crippen molar-refractivity contribution in [1.29, 1.82) is 0 Å². The Hall–Kier alpha value is -1.24. The second-order valence-corrected chi connectivity index (χ2v) is 10.8. The number of aryl methyl sites for hydroxylation is 1. The molecule has 0 bridgehead atoms. The molecular weight excluding hydrogens is 454 g/mol. The van der Waals surface area contributed by atoms with Gasteiger partial charge in [0.2, 0.25) is 21.8 Å². The number of halogens is 1. The van der Waals surface area contributed by atoms with Crippen LogP contribution >= 0.6 is 22.9 Å². The molecule has 0 saturated carbocycles. The topological polar surface area (TPSA) is 105 Å². The highest BCUT2D eigenvalue weighted by Gasteiger charge is 2.41. The predicted octanol–water partition coefficient (Wildman–Crippen LogP) is 0.338. The molecule has 3 rings (SSSR count). The lowest BCUT2D eigenvalue weighted by Gasteiger charge is -2.34. The lowest BCUT2D eigenvalue weighted by atomic mass is 10.2. The summed E-state index contributed by atoms with van der Waals surface area (Å²) in [6, 6.07) is 1.86. The Morgan fingerprint density at radius 3 is 2.73 bits per heavy atom. The molecule has 3 heterocycles. The van der Waals surface area contributed by atoms with Gasteiger partial charge in [0.25, 0.3) is 0 Å². The van der Waals surface area contributed by atoms with Crippen molar-refractivity contribution in [2.45, 2.75) is 24.9 Å². The lowest BCUT2D eigenvalue weighted by Crippen LogP contribution is -2.55. The summed E-state index contributed by atoms with van der Waals surface area (Å²) < 4.78 is 38.5. The fourth-order valence-corrected chi connectivity index (χ4v) is 6.04. The van der Waals surface area contributed by atoms with Gasteiger partial charge >= 0.3 is 0 Å². The number of carbonyl (C=O) groups is 2. The first-order chi connectivity index (χ1) is 14.3. The molecule has 1 aromatic heterocycles. The summed E-state index contributed by atoms with van der Waals surface area (Å²) in [5.74, 6) is -0.741. The van der Waals surface area contributed by atoms with E-state index >= 15 is 0 Å². The fraction of sp³-hybridized carbons (Fsp3) is 0.667. The number of nitrogens with one attached hydrogen (secondary N) is 1. The third-order valence-corrected chi connectivity index (χ3v) is 7.79. The van der Waals surface area contributed by atoms with Crippen molar-refractivity contribution >= 4 is 44.8 Å². The van der Waals surface area contributed by atoms with Gasteiger partial charge in [0.15, 0.2) is 0 Å². The van der Waals surface area contributed by atoms with Crippen LogP contribution in [0.1, 0.15) is 11.3 Å². The van der Waals surface area contributed by atoms with Crippen LogP contribution in [0.15, 0.2) is 12.1 Å². The summed E-state index contributed by atoms with van der Waals surface area (Å²) in [4.78, 5) is 29.8. The highest BCUT2D eigenvalue weighted by atomic mass is 35.5. The molecule has 1 N–H and O–H groups in total. The second kappa shape index (κ2) is 10.4. The smallest absolute Gasteiger partial charge is 0.247 e. The molecule has 2 saturated heterocycles. The summed E-state index contributed by atoms with van der Waals surface area (Å²) in [5, 5.41) is 0. The number of rotatable bonds is 9. The number of likely N-dealkylation sites (tertiary alicyclic amines) is 1. The standard InChI is InChI=1S/C18H26ClN3O6S2/c1-27-12-15(18(24)21-7-9-28-10-8-21)22-6-4-14(17(22)23)20-30(25,26)11-5-13-2-3-16(19)29-13/h2-3,14-15,20H,4-12H2,1H3/t14?,15-/m0/s1. The largest absolute Gasteiger partial charge is 0.382 e. The van der Waals surface area contributed by atoms with Gasteiger partial charge in [-0.3, -0.25) is 9.59 Å². The maximum Gasteiger partial charge on any atom is 0.247 e. The normalized spacial score (nSPS) is 21.3. The molecule has 1 aromatic rings. The van der Waals surface area contributed by atoms with Crippen LogP contribution in [-0.4, -0.2) is 94.4 Å². The van der Waals surface area contributed by atoms with Crippen LogP contribution in [-0.2, 0) is 35.5 Å². The average Bonchev–Trinajstić information content (AvgIpc) is 3.30. The zero-order valence-corrected chi connectivity index (χ0v) is 19.1. The van der Waals surface area contributed by atoms with E-state index in [2.05, 4.69) is 4.72 Å². The molecule has 2 aliphatic heterocycles. The number of sulfonamides is 1. The summed E-state index contributed by atoms with van der Waals surface area (Å²) in [6.45, 7) is 2.18. The molecule has 30 heavy (non-hydrogen) atoms. The maximum absolute atomic E-state index is 12.9. The molecule has 0 aliphatic carbocycles. The van der Waals surface area contributed by atoms with Crippen molar-refractivity contribution in [3.8, 4) is 0 Å². The highest BCUT2D eigenvalue weighted by Crippen LogP contribution is 2.22. The van der Waals surface area contributed by atoms with Crippen LogP contribution in [0.2, 0.25) is 4.34 Å². The molecule has 2 atom stereocenters. The zero-order valence-electron chi connectivity index (χ0n) is 16.7.